The maximum absolute atomic E-state index is 12.2. The van der Waals surface area contributed by atoms with Crippen LogP contribution >= 0.6 is 0 Å². The standard InChI is InChI=1S/C15H16N4O3/c1-9-7-11(10(2)19(9)6-5-16)8-12-13(20)17(3)15(22)18(4)14(12)21/h7-8H,6H2,1-4H3. The van der Waals surface area contributed by atoms with Crippen LogP contribution in [0.3, 0.4) is 0 Å². The third-order valence-electron chi connectivity index (χ3n) is 3.79. The number of urea groups is 1. The van der Waals surface area contributed by atoms with E-state index in [2.05, 4.69) is 6.07 Å². The van der Waals surface area contributed by atoms with E-state index in [1.165, 1.54) is 20.2 Å². The van der Waals surface area contributed by atoms with Crippen molar-refractivity contribution in [3.63, 3.8) is 0 Å². The number of hydrogen-bond acceptors (Lipinski definition) is 4. The summed E-state index contributed by atoms with van der Waals surface area (Å²) in [5.74, 6) is -1.25. The molecular formula is C15H16N4O3. The minimum atomic E-state index is -0.651. The molecule has 0 aliphatic carbocycles. The van der Waals surface area contributed by atoms with E-state index < -0.39 is 17.8 Å². The van der Waals surface area contributed by atoms with Crippen LogP contribution in [0, 0.1) is 25.2 Å². The van der Waals surface area contributed by atoms with Crippen molar-refractivity contribution in [2.45, 2.75) is 20.4 Å². The highest BCUT2D eigenvalue weighted by Crippen LogP contribution is 2.22. The van der Waals surface area contributed by atoms with E-state index in [-0.39, 0.29) is 12.1 Å². The molecule has 0 saturated carbocycles. The molecule has 1 aromatic rings. The van der Waals surface area contributed by atoms with Crippen LogP contribution in [0.25, 0.3) is 6.08 Å². The Morgan fingerprint density at radius 3 is 2.18 bits per heavy atom. The molecule has 0 spiro atoms. The second-order valence-electron chi connectivity index (χ2n) is 5.14. The number of hydrogen-bond donors (Lipinski definition) is 0. The van der Waals surface area contributed by atoms with Gasteiger partial charge in [-0.05, 0) is 31.6 Å². The number of carbonyl (C=O) groups excluding carboxylic acids is 3. The topological polar surface area (TPSA) is 86.4 Å². The smallest absolute Gasteiger partial charge is 0.333 e. The van der Waals surface area contributed by atoms with E-state index in [4.69, 9.17) is 5.26 Å². The van der Waals surface area contributed by atoms with Crippen LogP contribution in [-0.2, 0) is 16.1 Å². The Balaban J connectivity index is 2.51. The molecule has 7 heteroatoms. The molecule has 22 heavy (non-hydrogen) atoms. The maximum Gasteiger partial charge on any atom is 0.333 e. The van der Waals surface area contributed by atoms with Crippen molar-refractivity contribution in [1.82, 2.24) is 14.4 Å². The van der Waals surface area contributed by atoms with Gasteiger partial charge in [-0.25, -0.2) is 4.79 Å². The fraction of sp³-hybridized carbons (Fsp3) is 0.333. The lowest BCUT2D eigenvalue weighted by atomic mass is 10.1. The predicted octanol–water partition coefficient (Wildman–Crippen LogP) is 1.06. The average molecular weight is 300 g/mol. The van der Waals surface area contributed by atoms with Crippen molar-refractivity contribution >= 4 is 23.9 Å². The molecule has 0 aromatic carbocycles. The van der Waals surface area contributed by atoms with Gasteiger partial charge in [0.15, 0.2) is 0 Å². The molecule has 0 unspecified atom stereocenters. The molecule has 7 nitrogen and oxygen atoms in total. The van der Waals surface area contributed by atoms with Gasteiger partial charge in [0.1, 0.15) is 12.1 Å². The van der Waals surface area contributed by atoms with Crippen molar-refractivity contribution in [1.29, 1.82) is 5.26 Å². The number of likely N-dealkylation sites (N-methyl/N-ethyl adjacent to an activating group) is 2. The van der Waals surface area contributed by atoms with Crippen molar-refractivity contribution in [2.75, 3.05) is 14.1 Å². The first-order valence-electron chi connectivity index (χ1n) is 6.65. The van der Waals surface area contributed by atoms with Gasteiger partial charge in [-0.15, -0.1) is 0 Å². The number of aromatic nitrogens is 1. The Bertz CT molecular complexity index is 726. The van der Waals surface area contributed by atoms with E-state index in [0.29, 0.717) is 5.56 Å². The molecule has 1 saturated heterocycles. The molecular weight excluding hydrogens is 284 g/mol. The number of amides is 4. The van der Waals surface area contributed by atoms with Gasteiger partial charge in [0, 0.05) is 25.5 Å². The number of carbonyl (C=O) groups is 3. The van der Waals surface area contributed by atoms with Gasteiger partial charge in [0.2, 0.25) is 0 Å². The van der Waals surface area contributed by atoms with Crippen LogP contribution in [-0.4, -0.2) is 46.3 Å². The summed E-state index contributed by atoms with van der Waals surface area (Å²) < 4.78 is 1.79. The summed E-state index contributed by atoms with van der Waals surface area (Å²) in [6, 6.07) is 3.22. The van der Waals surface area contributed by atoms with Crippen LogP contribution < -0.4 is 0 Å². The van der Waals surface area contributed by atoms with Gasteiger partial charge in [0.05, 0.1) is 6.07 Å². The van der Waals surface area contributed by atoms with E-state index in [9.17, 15) is 14.4 Å². The number of rotatable bonds is 2. The number of aryl methyl sites for hydroxylation is 1. The molecule has 0 atom stereocenters. The largest absolute Gasteiger partial charge is 0.335 e. The first-order chi connectivity index (χ1) is 10.3. The van der Waals surface area contributed by atoms with Crippen molar-refractivity contribution in [2.24, 2.45) is 0 Å². The van der Waals surface area contributed by atoms with Crippen LogP contribution in [0.4, 0.5) is 4.79 Å². The molecule has 0 radical (unpaired) electrons. The van der Waals surface area contributed by atoms with Gasteiger partial charge >= 0.3 is 6.03 Å². The number of nitriles is 1. The minimum absolute atomic E-state index is 0.0678. The normalized spacial score (nSPS) is 15.4. The zero-order valence-electron chi connectivity index (χ0n) is 12.9. The van der Waals surface area contributed by atoms with Gasteiger partial charge in [0.25, 0.3) is 11.8 Å². The third-order valence-corrected chi connectivity index (χ3v) is 3.79. The molecule has 2 heterocycles. The van der Waals surface area contributed by atoms with E-state index >= 15 is 0 Å². The summed E-state index contributed by atoms with van der Waals surface area (Å²) in [7, 11) is 2.67. The second kappa shape index (κ2) is 5.48. The third kappa shape index (κ3) is 2.29. The molecule has 0 N–H and O–H groups in total. The Hall–Kier alpha value is -2.88. The Kier molecular flexibility index (Phi) is 3.87. The Morgan fingerprint density at radius 1 is 1.14 bits per heavy atom. The predicted molar refractivity (Wildman–Crippen MR) is 78.4 cm³/mol. The average Bonchev–Trinajstić information content (AvgIpc) is 2.75. The molecule has 1 aromatic heterocycles. The Labute approximate surface area is 128 Å². The van der Waals surface area contributed by atoms with Crippen molar-refractivity contribution in [3.05, 3.63) is 28.6 Å². The van der Waals surface area contributed by atoms with E-state index in [1.54, 1.807) is 10.6 Å². The first kappa shape index (κ1) is 15.5. The fourth-order valence-corrected chi connectivity index (χ4v) is 2.42. The first-order valence-corrected chi connectivity index (χ1v) is 6.65. The van der Waals surface area contributed by atoms with Gasteiger partial charge < -0.3 is 4.57 Å². The minimum Gasteiger partial charge on any atom is -0.335 e. The number of nitrogens with zero attached hydrogens (tertiary/aromatic N) is 4. The second-order valence-corrected chi connectivity index (χ2v) is 5.14. The van der Waals surface area contributed by atoms with Crippen LogP contribution in [0.1, 0.15) is 17.0 Å². The molecule has 2 rings (SSSR count). The summed E-state index contributed by atoms with van der Waals surface area (Å²) in [5, 5.41) is 8.84. The lowest BCUT2D eigenvalue weighted by molar-refractivity contribution is -0.134. The summed E-state index contributed by atoms with van der Waals surface area (Å²) in [6.45, 7) is 3.85. The van der Waals surface area contributed by atoms with E-state index in [0.717, 1.165) is 21.2 Å². The monoisotopic (exact) mass is 300 g/mol. The maximum atomic E-state index is 12.2. The zero-order valence-corrected chi connectivity index (χ0v) is 12.9. The highest BCUT2D eigenvalue weighted by atomic mass is 16.2. The van der Waals surface area contributed by atoms with Gasteiger partial charge in [-0.2, -0.15) is 5.26 Å². The summed E-state index contributed by atoms with van der Waals surface area (Å²) in [6.07, 6.45) is 1.47. The lowest BCUT2D eigenvalue weighted by Gasteiger charge is -2.28. The molecule has 1 aliphatic heterocycles. The van der Waals surface area contributed by atoms with Crippen LogP contribution in [0.2, 0.25) is 0 Å². The lowest BCUT2D eigenvalue weighted by Crippen LogP contribution is -2.52. The molecule has 1 aliphatic rings. The molecule has 0 bridgehead atoms. The van der Waals surface area contributed by atoms with Crippen LogP contribution in [0.5, 0.6) is 0 Å². The SMILES string of the molecule is Cc1cc(C=C2C(=O)N(C)C(=O)N(C)C2=O)c(C)n1CC#N. The van der Waals surface area contributed by atoms with E-state index in [1.807, 2.05) is 13.8 Å². The summed E-state index contributed by atoms with van der Waals surface area (Å²) in [4.78, 5) is 37.8. The van der Waals surface area contributed by atoms with Crippen molar-refractivity contribution in [3.8, 4) is 6.07 Å². The number of barbiturate groups is 1. The van der Waals surface area contributed by atoms with Crippen molar-refractivity contribution < 1.29 is 14.4 Å². The molecule has 4 amide bonds. The molecule has 114 valence electrons. The van der Waals surface area contributed by atoms with Crippen LogP contribution in [0.15, 0.2) is 11.6 Å². The fourth-order valence-electron chi connectivity index (χ4n) is 2.42. The van der Waals surface area contributed by atoms with Gasteiger partial charge in [-0.1, -0.05) is 0 Å². The number of imide groups is 2. The highest BCUT2D eigenvalue weighted by Gasteiger charge is 2.37. The molecule has 1 fully saturated rings. The summed E-state index contributed by atoms with van der Waals surface area (Å²) in [5.41, 5.74) is 2.26. The van der Waals surface area contributed by atoms with Gasteiger partial charge in [-0.3, -0.25) is 19.4 Å². The summed E-state index contributed by atoms with van der Waals surface area (Å²) >= 11 is 0. The quantitative estimate of drug-likeness (QED) is 0.603. The zero-order chi connectivity index (χ0) is 16.6. The Morgan fingerprint density at radius 2 is 1.68 bits per heavy atom. The highest BCUT2D eigenvalue weighted by molar-refractivity contribution is 6.30.